The smallest absolute Gasteiger partial charge is 0.146 e. The van der Waals surface area contributed by atoms with Crippen molar-refractivity contribution in [2.75, 3.05) is 38.8 Å². The molecule has 0 aliphatic carbocycles. The first-order valence-corrected chi connectivity index (χ1v) is 6.93. The van der Waals surface area contributed by atoms with Gasteiger partial charge in [-0.25, -0.2) is 4.39 Å². The lowest BCUT2D eigenvalue weighted by Crippen LogP contribution is -2.31. The lowest BCUT2D eigenvalue weighted by Gasteiger charge is -2.30. The van der Waals surface area contributed by atoms with Crippen LogP contribution in [0.2, 0.25) is 0 Å². The molecular weight excluding hydrogens is 243 g/mol. The molecular formula is C15H23FN2O. The van der Waals surface area contributed by atoms with Crippen molar-refractivity contribution in [2.24, 2.45) is 5.92 Å². The number of hydrogen-bond acceptors (Lipinski definition) is 3. The number of para-hydroxylation sites is 1. The van der Waals surface area contributed by atoms with E-state index in [0.717, 1.165) is 43.9 Å². The second kappa shape index (κ2) is 6.87. The standard InChI is InChI=1S/C15H23FN2O/c1-17-10-13-4-3-5-14(16)15(13)18(2)11-12-6-8-19-9-7-12/h3-5,12,17H,6-11H2,1-2H3. The number of halogens is 1. The van der Waals surface area contributed by atoms with Crippen LogP contribution in [-0.4, -0.2) is 33.9 Å². The number of ether oxygens (including phenoxy) is 1. The average molecular weight is 266 g/mol. The Morgan fingerprint density at radius 3 is 2.79 bits per heavy atom. The Bertz CT molecular complexity index is 405. The Kier molecular flexibility index (Phi) is 5.16. The summed E-state index contributed by atoms with van der Waals surface area (Å²) in [4.78, 5) is 2.05. The van der Waals surface area contributed by atoms with Gasteiger partial charge in [-0.1, -0.05) is 12.1 Å². The maximum absolute atomic E-state index is 14.1. The van der Waals surface area contributed by atoms with E-state index in [1.807, 2.05) is 20.2 Å². The molecule has 0 bridgehead atoms. The summed E-state index contributed by atoms with van der Waals surface area (Å²) in [6.45, 7) is 3.24. The fourth-order valence-corrected chi connectivity index (χ4v) is 2.73. The second-order valence-electron chi connectivity index (χ2n) is 5.21. The van der Waals surface area contributed by atoms with Gasteiger partial charge in [0.15, 0.2) is 0 Å². The molecule has 4 heteroatoms. The van der Waals surface area contributed by atoms with E-state index in [2.05, 4.69) is 10.2 Å². The number of rotatable bonds is 5. The molecule has 1 aromatic carbocycles. The summed E-state index contributed by atoms with van der Waals surface area (Å²) in [6, 6.07) is 5.29. The van der Waals surface area contributed by atoms with E-state index in [1.165, 1.54) is 6.07 Å². The van der Waals surface area contributed by atoms with Crippen molar-refractivity contribution < 1.29 is 9.13 Å². The van der Waals surface area contributed by atoms with Crippen LogP contribution in [0, 0.1) is 11.7 Å². The van der Waals surface area contributed by atoms with E-state index in [0.29, 0.717) is 12.5 Å². The van der Waals surface area contributed by atoms with Gasteiger partial charge in [-0.3, -0.25) is 0 Å². The summed E-state index contributed by atoms with van der Waals surface area (Å²) in [7, 11) is 3.86. The fraction of sp³-hybridized carbons (Fsp3) is 0.600. The van der Waals surface area contributed by atoms with E-state index < -0.39 is 0 Å². The third-order valence-electron chi connectivity index (χ3n) is 3.69. The zero-order valence-corrected chi connectivity index (χ0v) is 11.8. The van der Waals surface area contributed by atoms with Crippen LogP contribution in [0.15, 0.2) is 18.2 Å². The molecule has 0 atom stereocenters. The number of anilines is 1. The predicted octanol–water partition coefficient (Wildman–Crippen LogP) is 2.41. The summed E-state index contributed by atoms with van der Waals surface area (Å²) < 4.78 is 19.5. The Morgan fingerprint density at radius 1 is 1.37 bits per heavy atom. The zero-order chi connectivity index (χ0) is 13.7. The summed E-state index contributed by atoms with van der Waals surface area (Å²) in [6.07, 6.45) is 2.14. The first kappa shape index (κ1) is 14.3. The molecule has 1 aliphatic rings. The van der Waals surface area contributed by atoms with Crippen molar-refractivity contribution in [1.82, 2.24) is 5.32 Å². The minimum Gasteiger partial charge on any atom is -0.381 e. The molecule has 0 unspecified atom stereocenters. The molecule has 0 radical (unpaired) electrons. The summed E-state index contributed by atoms with van der Waals surface area (Å²) in [5, 5.41) is 3.10. The summed E-state index contributed by atoms with van der Waals surface area (Å²) in [5.74, 6) is 0.461. The molecule has 19 heavy (non-hydrogen) atoms. The molecule has 0 spiro atoms. The number of nitrogens with one attached hydrogen (secondary N) is 1. The molecule has 1 aliphatic heterocycles. The van der Waals surface area contributed by atoms with E-state index in [-0.39, 0.29) is 5.82 Å². The minimum atomic E-state index is -0.137. The number of benzene rings is 1. The van der Waals surface area contributed by atoms with Gasteiger partial charge < -0.3 is 15.0 Å². The lowest BCUT2D eigenvalue weighted by atomic mass is 9.99. The molecule has 1 saturated heterocycles. The van der Waals surface area contributed by atoms with E-state index in [9.17, 15) is 4.39 Å². The van der Waals surface area contributed by atoms with Gasteiger partial charge in [0.05, 0.1) is 5.69 Å². The molecule has 2 rings (SSSR count). The highest BCUT2D eigenvalue weighted by molar-refractivity contribution is 5.54. The Morgan fingerprint density at radius 2 is 2.11 bits per heavy atom. The molecule has 3 nitrogen and oxygen atoms in total. The largest absolute Gasteiger partial charge is 0.381 e. The van der Waals surface area contributed by atoms with E-state index >= 15 is 0 Å². The molecule has 106 valence electrons. The van der Waals surface area contributed by atoms with E-state index in [1.54, 1.807) is 6.07 Å². The number of nitrogens with zero attached hydrogens (tertiary/aromatic N) is 1. The molecule has 0 aromatic heterocycles. The van der Waals surface area contributed by atoms with Crippen LogP contribution in [0.3, 0.4) is 0 Å². The van der Waals surface area contributed by atoms with Gasteiger partial charge in [-0.2, -0.15) is 0 Å². The van der Waals surface area contributed by atoms with Gasteiger partial charge in [0.2, 0.25) is 0 Å². The highest BCUT2D eigenvalue weighted by atomic mass is 19.1. The summed E-state index contributed by atoms with van der Waals surface area (Å²) in [5.41, 5.74) is 1.74. The zero-order valence-electron chi connectivity index (χ0n) is 11.8. The maximum Gasteiger partial charge on any atom is 0.146 e. The van der Waals surface area contributed by atoms with Crippen molar-refractivity contribution in [3.8, 4) is 0 Å². The predicted molar refractivity (Wildman–Crippen MR) is 76.0 cm³/mol. The van der Waals surface area contributed by atoms with Crippen LogP contribution < -0.4 is 10.2 Å². The molecule has 1 N–H and O–H groups in total. The minimum absolute atomic E-state index is 0.137. The van der Waals surface area contributed by atoms with Gasteiger partial charge in [0.1, 0.15) is 5.82 Å². The van der Waals surface area contributed by atoms with Gasteiger partial charge in [-0.05, 0) is 37.4 Å². The topological polar surface area (TPSA) is 24.5 Å². The fourth-order valence-electron chi connectivity index (χ4n) is 2.73. The second-order valence-corrected chi connectivity index (χ2v) is 5.21. The molecule has 1 heterocycles. The van der Waals surface area contributed by atoms with Crippen molar-refractivity contribution in [3.05, 3.63) is 29.6 Å². The first-order valence-electron chi connectivity index (χ1n) is 6.93. The monoisotopic (exact) mass is 266 g/mol. The SMILES string of the molecule is CNCc1cccc(F)c1N(C)CC1CCOCC1. The lowest BCUT2D eigenvalue weighted by molar-refractivity contribution is 0.0685. The van der Waals surface area contributed by atoms with Gasteiger partial charge >= 0.3 is 0 Å². The quantitative estimate of drug-likeness (QED) is 0.885. The van der Waals surface area contributed by atoms with Crippen LogP contribution in [0.5, 0.6) is 0 Å². The molecule has 0 saturated carbocycles. The Labute approximate surface area is 114 Å². The van der Waals surface area contributed by atoms with Crippen LogP contribution in [0.4, 0.5) is 10.1 Å². The third-order valence-corrected chi connectivity index (χ3v) is 3.69. The van der Waals surface area contributed by atoms with Crippen LogP contribution in [0.1, 0.15) is 18.4 Å². The highest BCUT2D eigenvalue weighted by Crippen LogP contribution is 2.26. The molecule has 0 amide bonds. The van der Waals surface area contributed by atoms with Gasteiger partial charge in [0, 0.05) is 33.4 Å². The normalized spacial score (nSPS) is 16.6. The van der Waals surface area contributed by atoms with Crippen molar-refractivity contribution in [2.45, 2.75) is 19.4 Å². The number of hydrogen-bond donors (Lipinski definition) is 1. The molecule has 1 aromatic rings. The van der Waals surface area contributed by atoms with Crippen LogP contribution in [0.25, 0.3) is 0 Å². The van der Waals surface area contributed by atoms with Crippen LogP contribution >= 0.6 is 0 Å². The maximum atomic E-state index is 14.1. The van der Waals surface area contributed by atoms with Crippen molar-refractivity contribution in [1.29, 1.82) is 0 Å². The average Bonchev–Trinajstić information content (AvgIpc) is 2.40. The first-order chi connectivity index (χ1) is 9.22. The van der Waals surface area contributed by atoms with Crippen molar-refractivity contribution >= 4 is 5.69 Å². The summed E-state index contributed by atoms with van der Waals surface area (Å²) >= 11 is 0. The van der Waals surface area contributed by atoms with Crippen molar-refractivity contribution in [3.63, 3.8) is 0 Å². The van der Waals surface area contributed by atoms with Gasteiger partial charge in [-0.15, -0.1) is 0 Å². The molecule has 1 fully saturated rings. The Balaban J connectivity index is 2.10. The Hall–Kier alpha value is -1.13. The van der Waals surface area contributed by atoms with Crippen LogP contribution in [-0.2, 0) is 11.3 Å². The highest BCUT2D eigenvalue weighted by Gasteiger charge is 2.19. The van der Waals surface area contributed by atoms with Gasteiger partial charge in [0.25, 0.3) is 0 Å². The third kappa shape index (κ3) is 3.67. The van der Waals surface area contributed by atoms with E-state index in [4.69, 9.17) is 4.74 Å².